The van der Waals surface area contributed by atoms with Crippen molar-refractivity contribution in [1.82, 2.24) is 15.2 Å². The van der Waals surface area contributed by atoms with Gasteiger partial charge in [0, 0.05) is 44.1 Å². The predicted octanol–water partition coefficient (Wildman–Crippen LogP) is 1.66. The number of aromatic nitrogens is 1. The molecular formula is C13H21N3. The summed E-state index contributed by atoms with van der Waals surface area (Å²) in [5, 5.41) is 3.61. The van der Waals surface area contributed by atoms with Gasteiger partial charge in [0.1, 0.15) is 0 Å². The third kappa shape index (κ3) is 2.80. The van der Waals surface area contributed by atoms with Gasteiger partial charge in [-0.1, -0.05) is 6.92 Å². The molecule has 0 amide bonds. The summed E-state index contributed by atoms with van der Waals surface area (Å²) in [6.45, 7) is 8.97. The fraction of sp³-hybridized carbons (Fsp3) is 0.615. The minimum absolute atomic E-state index is 0.283. The molecule has 0 bridgehead atoms. The molecule has 16 heavy (non-hydrogen) atoms. The van der Waals surface area contributed by atoms with Crippen molar-refractivity contribution in [3.05, 3.63) is 30.1 Å². The van der Waals surface area contributed by atoms with Gasteiger partial charge >= 0.3 is 0 Å². The van der Waals surface area contributed by atoms with Crippen LogP contribution in [0, 0.1) is 0 Å². The molecule has 0 aromatic carbocycles. The number of piperazine rings is 1. The quantitative estimate of drug-likeness (QED) is 0.838. The van der Waals surface area contributed by atoms with E-state index < -0.39 is 0 Å². The average Bonchev–Trinajstić information content (AvgIpc) is 2.30. The Labute approximate surface area is 97.9 Å². The zero-order valence-corrected chi connectivity index (χ0v) is 10.2. The summed E-state index contributed by atoms with van der Waals surface area (Å²) in [4.78, 5) is 6.58. The first-order valence-electron chi connectivity index (χ1n) is 6.08. The molecule has 1 saturated heterocycles. The Morgan fingerprint density at radius 2 is 2.19 bits per heavy atom. The van der Waals surface area contributed by atoms with Gasteiger partial charge in [0.05, 0.1) is 0 Å². The van der Waals surface area contributed by atoms with Crippen LogP contribution in [-0.4, -0.2) is 35.1 Å². The van der Waals surface area contributed by atoms with Crippen LogP contribution in [0.3, 0.4) is 0 Å². The second-order valence-corrected chi connectivity index (χ2v) is 4.91. The fourth-order valence-electron chi connectivity index (χ4n) is 2.26. The van der Waals surface area contributed by atoms with Gasteiger partial charge in [-0.15, -0.1) is 0 Å². The molecule has 0 aliphatic carbocycles. The first kappa shape index (κ1) is 11.6. The van der Waals surface area contributed by atoms with Crippen molar-refractivity contribution in [2.45, 2.75) is 32.4 Å². The van der Waals surface area contributed by atoms with Crippen LogP contribution in [-0.2, 0) is 6.54 Å². The molecule has 1 atom stereocenters. The molecule has 3 nitrogen and oxygen atoms in total. The molecule has 1 unspecified atom stereocenters. The molecule has 88 valence electrons. The summed E-state index contributed by atoms with van der Waals surface area (Å²) in [6.07, 6.45) is 4.92. The van der Waals surface area contributed by atoms with E-state index in [1.165, 1.54) is 12.0 Å². The van der Waals surface area contributed by atoms with Crippen LogP contribution < -0.4 is 5.32 Å². The lowest BCUT2D eigenvalue weighted by Crippen LogP contribution is -2.58. The molecule has 1 N–H and O–H groups in total. The molecule has 1 aromatic rings. The zero-order valence-electron chi connectivity index (χ0n) is 10.2. The molecule has 1 aliphatic heterocycles. The highest BCUT2D eigenvalue weighted by molar-refractivity contribution is 5.10. The van der Waals surface area contributed by atoms with Crippen LogP contribution in [0.4, 0.5) is 0 Å². The Balaban J connectivity index is 1.96. The first-order chi connectivity index (χ1) is 7.72. The monoisotopic (exact) mass is 219 g/mol. The molecule has 1 aliphatic rings. The number of nitrogens with zero attached hydrogens (tertiary/aromatic N) is 2. The smallest absolute Gasteiger partial charge is 0.0278 e. The minimum Gasteiger partial charge on any atom is -0.309 e. The summed E-state index contributed by atoms with van der Waals surface area (Å²) in [5.74, 6) is 0. The van der Waals surface area contributed by atoms with Gasteiger partial charge in [0.25, 0.3) is 0 Å². The van der Waals surface area contributed by atoms with Gasteiger partial charge in [0.2, 0.25) is 0 Å². The summed E-state index contributed by atoms with van der Waals surface area (Å²) < 4.78 is 0. The Hall–Kier alpha value is -0.930. The van der Waals surface area contributed by atoms with E-state index in [1.54, 1.807) is 0 Å². The van der Waals surface area contributed by atoms with E-state index in [-0.39, 0.29) is 5.54 Å². The highest BCUT2D eigenvalue weighted by atomic mass is 15.2. The second-order valence-electron chi connectivity index (χ2n) is 4.91. The van der Waals surface area contributed by atoms with Crippen molar-refractivity contribution in [2.24, 2.45) is 0 Å². The van der Waals surface area contributed by atoms with Gasteiger partial charge in [-0.3, -0.25) is 9.88 Å². The van der Waals surface area contributed by atoms with Crippen LogP contribution >= 0.6 is 0 Å². The van der Waals surface area contributed by atoms with E-state index in [4.69, 9.17) is 0 Å². The lowest BCUT2D eigenvalue weighted by atomic mass is 9.95. The van der Waals surface area contributed by atoms with E-state index in [9.17, 15) is 0 Å². The van der Waals surface area contributed by atoms with E-state index in [2.05, 4.69) is 41.2 Å². The van der Waals surface area contributed by atoms with Gasteiger partial charge < -0.3 is 5.32 Å². The molecule has 0 saturated carbocycles. The lowest BCUT2D eigenvalue weighted by Gasteiger charge is -2.41. The van der Waals surface area contributed by atoms with Gasteiger partial charge in [-0.25, -0.2) is 0 Å². The van der Waals surface area contributed by atoms with Crippen molar-refractivity contribution in [3.63, 3.8) is 0 Å². The molecule has 3 heteroatoms. The maximum Gasteiger partial charge on any atom is 0.0278 e. The van der Waals surface area contributed by atoms with Crippen molar-refractivity contribution in [2.75, 3.05) is 19.6 Å². The first-order valence-corrected chi connectivity index (χ1v) is 6.08. The standard InChI is InChI=1S/C13H21N3/c1-3-13(2)11-16(9-8-15-13)10-12-4-6-14-7-5-12/h4-7,15H,3,8-11H2,1-2H3. The summed E-state index contributed by atoms with van der Waals surface area (Å²) in [6, 6.07) is 4.20. The van der Waals surface area contributed by atoms with E-state index in [1.807, 2.05) is 12.4 Å². The van der Waals surface area contributed by atoms with Crippen LogP contribution in [0.1, 0.15) is 25.8 Å². The van der Waals surface area contributed by atoms with Crippen LogP contribution in [0.15, 0.2) is 24.5 Å². The van der Waals surface area contributed by atoms with Crippen molar-refractivity contribution in [3.8, 4) is 0 Å². The largest absolute Gasteiger partial charge is 0.309 e. The summed E-state index contributed by atoms with van der Waals surface area (Å²) in [5.41, 5.74) is 1.64. The molecule has 1 fully saturated rings. The molecule has 1 aromatic heterocycles. The molecule has 0 spiro atoms. The van der Waals surface area contributed by atoms with Crippen molar-refractivity contribution in [1.29, 1.82) is 0 Å². The lowest BCUT2D eigenvalue weighted by molar-refractivity contribution is 0.133. The average molecular weight is 219 g/mol. The third-order valence-electron chi connectivity index (χ3n) is 3.49. The summed E-state index contributed by atoms with van der Waals surface area (Å²) in [7, 11) is 0. The number of pyridine rings is 1. The molecule has 2 heterocycles. The van der Waals surface area contributed by atoms with Gasteiger partial charge in [0.15, 0.2) is 0 Å². The topological polar surface area (TPSA) is 28.2 Å². The van der Waals surface area contributed by atoms with Gasteiger partial charge in [-0.05, 0) is 31.0 Å². The Morgan fingerprint density at radius 3 is 2.88 bits per heavy atom. The van der Waals surface area contributed by atoms with E-state index in [0.29, 0.717) is 0 Å². The van der Waals surface area contributed by atoms with Crippen LogP contribution in [0.5, 0.6) is 0 Å². The van der Waals surface area contributed by atoms with Crippen molar-refractivity contribution >= 4 is 0 Å². The van der Waals surface area contributed by atoms with E-state index >= 15 is 0 Å². The second kappa shape index (κ2) is 4.93. The number of hydrogen-bond donors (Lipinski definition) is 1. The summed E-state index contributed by atoms with van der Waals surface area (Å²) >= 11 is 0. The Morgan fingerprint density at radius 1 is 1.44 bits per heavy atom. The number of rotatable bonds is 3. The SMILES string of the molecule is CCC1(C)CN(Cc2ccncc2)CCN1. The maximum absolute atomic E-state index is 4.05. The Bertz CT molecular complexity index is 325. The highest BCUT2D eigenvalue weighted by Crippen LogP contribution is 2.16. The van der Waals surface area contributed by atoms with Crippen molar-refractivity contribution < 1.29 is 0 Å². The Kier molecular flexibility index (Phi) is 3.56. The number of hydrogen-bond acceptors (Lipinski definition) is 3. The molecule has 0 radical (unpaired) electrons. The normalized spacial score (nSPS) is 26.9. The molecular weight excluding hydrogens is 198 g/mol. The molecule has 2 rings (SSSR count). The third-order valence-corrected chi connectivity index (χ3v) is 3.49. The van der Waals surface area contributed by atoms with Gasteiger partial charge in [-0.2, -0.15) is 0 Å². The predicted molar refractivity (Wildman–Crippen MR) is 66.2 cm³/mol. The van der Waals surface area contributed by atoms with Crippen LogP contribution in [0.2, 0.25) is 0 Å². The van der Waals surface area contributed by atoms with E-state index in [0.717, 1.165) is 26.2 Å². The zero-order chi connectivity index (χ0) is 11.4. The van der Waals surface area contributed by atoms with Crippen LogP contribution in [0.25, 0.3) is 0 Å². The number of nitrogens with one attached hydrogen (secondary N) is 1. The minimum atomic E-state index is 0.283. The maximum atomic E-state index is 4.05. The highest BCUT2D eigenvalue weighted by Gasteiger charge is 2.28. The fourth-order valence-corrected chi connectivity index (χ4v) is 2.26.